The Morgan fingerprint density at radius 1 is 1.19 bits per heavy atom. The number of rotatable bonds is 8. The van der Waals surface area contributed by atoms with Crippen molar-refractivity contribution >= 4 is 34.4 Å². The van der Waals surface area contributed by atoms with Crippen molar-refractivity contribution < 1.29 is 23.5 Å². The van der Waals surface area contributed by atoms with Crippen LogP contribution in [0.3, 0.4) is 0 Å². The van der Waals surface area contributed by atoms with Gasteiger partial charge in [-0.2, -0.15) is 0 Å². The summed E-state index contributed by atoms with van der Waals surface area (Å²) in [5.41, 5.74) is 1.16. The fourth-order valence-corrected chi connectivity index (χ4v) is 5.36. The van der Waals surface area contributed by atoms with E-state index >= 15 is 0 Å². The van der Waals surface area contributed by atoms with Crippen molar-refractivity contribution in [2.45, 2.75) is 58.2 Å². The standard InChI is InChI=1S/C28H31N3O5/c1-4-35-22-12-7-9-19-17-23(36-26(19)22)18(2)29-24(32)13-8-16-30-27(34)20-10-5-6-11-21(20)31-25(33)14-15-28(30,31)3/h5-7,9-12,17-18H,4,8,13-16H2,1-3H3,(H,29,32). The average molecular weight is 490 g/mol. The molecule has 2 atom stereocenters. The normalized spacial score (nSPS) is 19.9. The molecule has 2 unspecified atom stereocenters. The van der Waals surface area contributed by atoms with Gasteiger partial charge in [0.05, 0.1) is 23.9 Å². The van der Waals surface area contributed by atoms with Crippen molar-refractivity contribution in [1.29, 1.82) is 0 Å². The number of anilines is 1. The van der Waals surface area contributed by atoms with Crippen LogP contribution in [0, 0.1) is 0 Å². The third-order valence-corrected chi connectivity index (χ3v) is 7.16. The van der Waals surface area contributed by atoms with Crippen LogP contribution in [-0.2, 0) is 9.59 Å². The highest BCUT2D eigenvalue weighted by atomic mass is 16.5. The minimum atomic E-state index is -0.709. The van der Waals surface area contributed by atoms with E-state index in [1.807, 2.05) is 63.2 Å². The summed E-state index contributed by atoms with van der Waals surface area (Å²) in [4.78, 5) is 42.3. The van der Waals surface area contributed by atoms with Gasteiger partial charge in [-0.15, -0.1) is 0 Å². The van der Waals surface area contributed by atoms with E-state index < -0.39 is 5.66 Å². The maximum absolute atomic E-state index is 13.3. The molecule has 1 N–H and O–H groups in total. The minimum Gasteiger partial charge on any atom is -0.490 e. The number of hydrogen-bond donors (Lipinski definition) is 1. The quantitative estimate of drug-likeness (QED) is 0.491. The first-order chi connectivity index (χ1) is 17.3. The van der Waals surface area contributed by atoms with Crippen molar-refractivity contribution in [2.24, 2.45) is 0 Å². The van der Waals surface area contributed by atoms with Crippen LogP contribution in [0.2, 0.25) is 0 Å². The highest BCUT2D eigenvalue weighted by Crippen LogP contribution is 2.44. The number of carbonyl (C=O) groups is 3. The van der Waals surface area contributed by atoms with Gasteiger partial charge in [0.25, 0.3) is 5.91 Å². The lowest BCUT2D eigenvalue weighted by atomic mass is 9.98. The number of amides is 3. The van der Waals surface area contributed by atoms with Crippen molar-refractivity contribution in [1.82, 2.24) is 10.2 Å². The van der Waals surface area contributed by atoms with Crippen molar-refractivity contribution in [3.8, 4) is 5.75 Å². The molecule has 3 heterocycles. The summed E-state index contributed by atoms with van der Waals surface area (Å²) in [7, 11) is 0. The molecule has 8 heteroatoms. The van der Waals surface area contributed by atoms with E-state index in [-0.39, 0.29) is 30.2 Å². The van der Waals surface area contributed by atoms with Crippen molar-refractivity contribution in [3.63, 3.8) is 0 Å². The fourth-order valence-electron chi connectivity index (χ4n) is 5.36. The zero-order chi connectivity index (χ0) is 25.4. The molecular weight excluding hydrogens is 458 g/mol. The first-order valence-electron chi connectivity index (χ1n) is 12.5. The van der Waals surface area contributed by atoms with Crippen molar-refractivity contribution in [2.75, 3.05) is 18.1 Å². The van der Waals surface area contributed by atoms with E-state index in [2.05, 4.69) is 5.32 Å². The van der Waals surface area contributed by atoms with E-state index in [0.29, 0.717) is 60.8 Å². The molecule has 0 spiro atoms. The SMILES string of the molecule is CCOc1cccc2cc(C(C)NC(=O)CCCN3C(=O)c4ccccc4N4C(=O)CCC34C)oc12. The van der Waals surface area contributed by atoms with Gasteiger partial charge < -0.3 is 19.4 Å². The summed E-state index contributed by atoms with van der Waals surface area (Å²) in [6.07, 6.45) is 1.71. The van der Waals surface area contributed by atoms with Gasteiger partial charge in [0.2, 0.25) is 11.8 Å². The van der Waals surface area contributed by atoms with E-state index in [4.69, 9.17) is 9.15 Å². The molecular formula is C28H31N3O5. The summed E-state index contributed by atoms with van der Waals surface area (Å²) in [6.45, 7) is 6.66. The molecule has 3 aromatic rings. The molecule has 2 aliphatic rings. The Kier molecular flexibility index (Phi) is 6.20. The van der Waals surface area contributed by atoms with Gasteiger partial charge in [-0.05, 0) is 57.9 Å². The molecule has 0 bridgehead atoms. The highest BCUT2D eigenvalue weighted by molar-refractivity contribution is 6.10. The second kappa shape index (κ2) is 9.33. The summed E-state index contributed by atoms with van der Waals surface area (Å²) in [5, 5.41) is 3.92. The van der Waals surface area contributed by atoms with Gasteiger partial charge in [-0.25, -0.2) is 0 Å². The number of furan rings is 1. The summed E-state index contributed by atoms with van der Waals surface area (Å²) in [6, 6.07) is 14.6. The number of para-hydroxylation sites is 2. The average Bonchev–Trinajstić information content (AvgIpc) is 3.43. The van der Waals surface area contributed by atoms with E-state index in [0.717, 1.165) is 5.39 Å². The Morgan fingerprint density at radius 2 is 2.00 bits per heavy atom. The fraction of sp³-hybridized carbons (Fsp3) is 0.393. The number of carbonyl (C=O) groups excluding carboxylic acids is 3. The van der Waals surface area contributed by atoms with Gasteiger partial charge in [0, 0.05) is 24.8 Å². The van der Waals surface area contributed by atoms with Crippen LogP contribution in [0.15, 0.2) is 52.9 Å². The number of ether oxygens (including phenoxy) is 1. The Bertz CT molecular complexity index is 1330. The van der Waals surface area contributed by atoms with Gasteiger partial charge in [-0.1, -0.05) is 24.3 Å². The predicted molar refractivity (Wildman–Crippen MR) is 136 cm³/mol. The highest BCUT2D eigenvalue weighted by Gasteiger charge is 2.52. The Hall–Kier alpha value is -3.81. The van der Waals surface area contributed by atoms with Crippen LogP contribution in [0.4, 0.5) is 5.69 Å². The number of benzene rings is 2. The maximum atomic E-state index is 13.3. The number of hydrogen-bond acceptors (Lipinski definition) is 5. The number of nitrogens with one attached hydrogen (secondary N) is 1. The van der Waals surface area contributed by atoms with Crippen LogP contribution < -0.4 is 15.0 Å². The van der Waals surface area contributed by atoms with Crippen LogP contribution in [-0.4, -0.2) is 41.4 Å². The Balaban J connectivity index is 1.23. The van der Waals surface area contributed by atoms with Crippen LogP contribution in [0.1, 0.15) is 68.6 Å². The van der Waals surface area contributed by atoms with E-state index in [1.165, 1.54) is 0 Å². The molecule has 3 amide bonds. The topological polar surface area (TPSA) is 92.1 Å². The summed E-state index contributed by atoms with van der Waals surface area (Å²) < 4.78 is 11.6. The second-order valence-corrected chi connectivity index (χ2v) is 9.57. The molecule has 5 rings (SSSR count). The first kappa shape index (κ1) is 23.9. The van der Waals surface area contributed by atoms with Crippen molar-refractivity contribution in [3.05, 3.63) is 59.9 Å². The second-order valence-electron chi connectivity index (χ2n) is 9.57. The van der Waals surface area contributed by atoms with Crippen LogP contribution >= 0.6 is 0 Å². The largest absolute Gasteiger partial charge is 0.490 e. The lowest BCUT2D eigenvalue weighted by Crippen LogP contribution is -2.62. The summed E-state index contributed by atoms with van der Waals surface area (Å²) >= 11 is 0. The van der Waals surface area contributed by atoms with Gasteiger partial charge in [0.15, 0.2) is 11.3 Å². The van der Waals surface area contributed by atoms with Crippen LogP contribution in [0.5, 0.6) is 5.75 Å². The molecule has 1 saturated heterocycles. The molecule has 0 saturated carbocycles. The molecule has 36 heavy (non-hydrogen) atoms. The lowest BCUT2D eigenvalue weighted by molar-refractivity contribution is -0.122. The zero-order valence-electron chi connectivity index (χ0n) is 20.9. The molecule has 188 valence electrons. The molecule has 1 fully saturated rings. The molecule has 2 aromatic carbocycles. The van der Waals surface area contributed by atoms with Gasteiger partial charge >= 0.3 is 0 Å². The smallest absolute Gasteiger partial charge is 0.257 e. The van der Waals surface area contributed by atoms with Gasteiger partial charge in [0.1, 0.15) is 11.4 Å². The zero-order valence-corrected chi connectivity index (χ0v) is 20.9. The van der Waals surface area contributed by atoms with Gasteiger partial charge in [-0.3, -0.25) is 19.3 Å². The maximum Gasteiger partial charge on any atom is 0.257 e. The monoisotopic (exact) mass is 489 g/mol. The Morgan fingerprint density at radius 3 is 2.81 bits per heavy atom. The van der Waals surface area contributed by atoms with E-state index in [1.54, 1.807) is 15.9 Å². The number of fused-ring (bicyclic) bond motifs is 4. The lowest BCUT2D eigenvalue weighted by Gasteiger charge is -2.48. The van der Waals surface area contributed by atoms with E-state index in [9.17, 15) is 14.4 Å². The number of nitrogens with zero attached hydrogens (tertiary/aromatic N) is 2. The molecule has 0 aliphatic carbocycles. The summed E-state index contributed by atoms with van der Waals surface area (Å²) in [5.74, 6) is 1.14. The predicted octanol–water partition coefficient (Wildman–Crippen LogP) is 4.79. The minimum absolute atomic E-state index is 0.0207. The third kappa shape index (κ3) is 4.00. The molecule has 0 radical (unpaired) electrons. The molecule has 1 aromatic heterocycles. The Labute approximate surface area is 210 Å². The molecule has 2 aliphatic heterocycles. The first-order valence-corrected chi connectivity index (χ1v) is 12.5. The third-order valence-electron chi connectivity index (χ3n) is 7.16. The van der Waals surface area contributed by atoms with Crippen LogP contribution in [0.25, 0.3) is 11.0 Å². The molecule has 8 nitrogen and oxygen atoms in total.